The lowest BCUT2D eigenvalue weighted by atomic mass is 10.2. The van der Waals surface area contributed by atoms with Crippen molar-refractivity contribution in [2.75, 3.05) is 6.54 Å². The number of halogens is 5. The van der Waals surface area contributed by atoms with Crippen molar-refractivity contribution in [1.82, 2.24) is 0 Å². The third kappa shape index (κ3) is 3.86. The monoisotopic (exact) mass is 295 g/mol. The van der Waals surface area contributed by atoms with Gasteiger partial charge in [0.2, 0.25) is 0 Å². The third-order valence-electron chi connectivity index (χ3n) is 1.84. The van der Waals surface area contributed by atoms with Gasteiger partial charge in [0.05, 0.1) is 34.6 Å². The Balaban J connectivity index is 3.03. The average molecular weight is 296 g/mol. The Morgan fingerprint density at radius 1 is 1.22 bits per heavy atom. The molecule has 0 N–H and O–H groups in total. The highest BCUT2D eigenvalue weighted by molar-refractivity contribution is 6.38. The molecule has 0 aliphatic heterocycles. The van der Waals surface area contributed by atoms with E-state index in [1.165, 1.54) is 0 Å². The number of azo groups is 1. The standard InChI is InChI=1S/C10H6Cl2F3N3/c11-7-4-6(10(13,14)15)5-8(12)9(7)18-17-3-1-2-16/h4-5H,1,3H2/b18-17+. The molecule has 0 aliphatic carbocycles. The van der Waals surface area contributed by atoms with Gasteiger partial charge >= 0.3 is 6.18 Å². The van der Waals surface area contributed by atoms with E-state index in [9.17, 15) is 13.2 Å². The highest BCUT2D eigenvalue weighted by atomic mass is 35.5. The van der Waals surface area contributed by atoms with Gasteiger partial charge < -0.3 is 0 Å². The van der Waals surface area contributed by atoms with Crippen molar-refractivity contribution in [3.63, 3.8) is 0 Å². The average Bonchev–Trinajstić information content (AvgIpc) is 2.25. The van der Waals surface area contributed by atoms with Crippen LogP contribution < -0.4 is 0 Å². The van der Waals surface area contributed by atoms with E-state index in [0.29, 0.717) is 0 Å². The minimum atomic E-state index is -4.52. The van der Waals surface area contributed by atoms with Crippen LogP contribution in [-0.2, 0) is 6.18 Å². The van der Waals surface area contributed by atoms with Gasteiger partial charge in [-0.2, -0.15) is 28.7 Å². The molecule has 1 rings (SSSR count). The smallest absolute Gasteiger partial charge is 0.198 e. The van der Waals surface area contributed by atoms with Crippen LogP contribution in [0.5, 0.6) is 0 Å². The number of nitriles is 1. The Bertz CT molecular complexity index is 483. The van der Waals surface area contributed by atoms with Crippen LogP contribution in [0.2, 0.25) is 10.0 Å². The summed E-state index contributed by atoms with van der Waals surface area (Å²) in [6.07, 6.45) is -4.37. The SMILES string of the molecule is N#CCC/N=N/c1c(Cl)cc(C(F)(F)F)cc1Cl. The molecule has 0 aliphatic rings. The lowest BCUT2D eigenvalue weighted by Crippen LogP contribution is -2.04. The first kappa shape index (κ1) is 14.7. The van der Waals surface area contributed by atoms with Crippen molar-refractivity contribution in [2.45, 2.75) is 12.6 Å². The van der Waals surface area contributed by atoms with Gasteiger partial charge in [-0.3, -0.25) is 0 Å². The van der Waals surface area contributed by atoms with Crippen molar-refractivity contribution in [3.8, 4) is 6.07 Å². The molecule has 1 aromatic rings. The molecule has 8 heteroatoms. The Morgan fingerprint density at radius 2 is 1.78 bits per heavy atom. The molecule has 0 bridgehead atoms. The second kappa shape index (κ2) is 6.03. The molecular formula is C10H6Cl2F3N3. The van der Waals surface area contributed by atoms with E-state index >= 15 is 0 Å². The summed E-state index contributed by atoms with van der Waals surface area (Å²) in [6.45, 7) is 0.129. The summed E-state index contributed by atoms with van der Waals surface area (Å²) in [5.41, 5.74) is -0.988. The third-order valence-corrected chi connectivity index (χ3v) is 2.41. The Labute approximate surface area is 111 Å². The number of alkyl halides is 3. The first-order chi connectivity index (χ1) is 8.36. The number of hydrogen-bond donors (Lipinski definition) is 0. The summed E-state index contributed by atoms with van der Waals surface area (Å²) in [6, 6.07) is 3.30. The Morgan fingerprint density at radius 3 is 2.22 bits per heavy atom. The van der Waals surface area contributed by atoms with E-state index in [2.05, 4.69) is 10.2 Å². The van der Waals surface area contributed by atoms with E-state index in [-0.39, 0.29) is 28.7 Å². The molecular weight excluding hydrogens is 290 g/mol. The molecule has 0 aromatic heterocycles. The molecule has 0 fully saturated rings. The van der Waals surface area contributed by atoms with E-state index in [1.807, 2.05) is 6.07 Å². The molecule has 0 spiro atoms. The molecule has 0 atom stereocenters. The van der Waals surface area contributed by atoms with Crippen LogP contribution in [0.4, 0.5) is 18.9 Å². The molecule has 3 nitrogen and oxygen atoms in total. The van der Waals surface area contributed by atoms with Crippen LogP contribution in [0, 0.1) is 11.3 Å². The molecule has 18 heavy (non-hydrogen) atoms. The van der Waals surface area contributed by atoms with E-state index < -0.39 is 11.7 Å². The number of hydrogen-bond acceptors (Lipinski definition) is 3. The van der Waals surface area contributed by atoms with Crippen molar-refractivity contribution in [2.24, 2.45) is 10.2 Å². The van der Waals surface area contributed by atoms with Crippen LogP contribution >= 0.6 is 23.2 Å². The minimum Gasteiger partial charge on any atom is -0.198 e. The fourth-order valence-electron chi connectivity index (χ4n) is 1.05. The maximum atomic E-state index is 12.4. The molecule has 0 unspecified atom stereocenters. The Kier molecular flexibility index (Phi) is 4.93. The molecule has 96 valence electrons. The van der Waals surface area contributed by atoms with Crippen molar-refractivity contribution in [1.29, 1.82) is 5.26 Å². The largest absolute Gasteiger partial charge is 0.416 e. The second-order valence-corrected chi connectivity index (χ2v) is 3.97. The van der Waals surface area contributed by atoms with E-state index in [1.54, 1.807) is 0 Å². The summed E-state index contributed by atoms with van der Waals surface area (Å²) in [4.78, 5) is 0. The molecule has 0 radical (unpaired) electrons. The zero-order valence-electron chi connectivity index (χ0n) is 8.80. The van der Waals surface area contributed by atoms with Gasteiger partial charge in [0.1, 0.15) is 5.69 Å². The zero-order valence-corrected chi connectivity index (χ0v) is 10.3. The summed E-state index contributed by atoms with van der Waals surface area (Å²) >= 11 is 11.3. The number of benzene rings is 1. The molecule has 1 aromatic carbocycles. The van der Waals surface area contributed by atoms with Gasteiger partial charge in [0.15, 0.2) is 0 Å². The van der Waals surface area contributed by atoms with E-state index in [0.717, 1.165) is 12.1 Å². The first-order valence-corrected chi connectivity index (χ1v) is 5.42. The first-order valence-electron chi connectivity index (χ1n) is 4.67. The maximum Gasteiger partial charge on any atom is 0.416 e. The van der Waals surface area contributed by atoms with Crippen LogP contribution in [0.15, 0.2) is 22.4 Å². The minimum absolute atomic E-state index is 0.0377. The molecule has 0 heterocycles. The summed E-state index contributed by atoms with van der Waals surface area (Å²) < 4.78 is 37.3. The summed E-state index contributed by atoms with van der Waals surface area (Å²) in [5.74, 6) is 0. The van der Waals surface area contributed by atoms with Gasteiger partial charge in [0.25, 0.3) is 0 Å². The quantitative estimate of drug-likeness (QED) is 0.571. The topological polar surface area (TPSA) is 48.5 Å². The van der Waals surface area contributed by atoms with Crippen LogP contribution in [0.1, 0.15) is 12.0 Å². The molecule has 0 amide bonds. The van der Waals surface area contributed by atoms with Gasteiger partial charge in [0, 0.05) is 0 Å². The maximum absolute atomic E-state index is 12.4. The predicted octanol–water partition coefficient (Wildman–Crippen LogP) is 5.01. The molecule has 0 saturated carbocycles. The highest BCUT2D eigenvalue weighted by Crippen LogP contribution is 2.39. The molecule has 0 saturated heterocycles. The van der Waals surface area contributed by atoms with Gasteiger partial charge in [-0.05, 0) is 12.1 Å². The van der Waals surface area contributed by atoms with Crippen LogP contribution in [0.3, 0.4) is 0 Å². The zero-order chi connectivity index (χ0) is 13.8. The van der Waals surface area contributed by atoms with Gasteiger partial charge in [-0.15, -0.1) is 0 Å². The van der Waals surface area contributed by atoms with Gasteiger partial charge in [-0.25, -0.2) is 0 Å². The fourth-order valence-corrected chi connectivity index (χ4v) is 1.61. The van der Waals surface area contributed by atoms with Crippen LogP contribution in [0.25, 0.3) is 0 Å². The van der Waals surface area contributed by atoms with Crippen molar-refractivity contribution >= 4 is 28.9 Å². The normalized spacial score (nSPS) is 11.8. The summed E-state index contributed by atoms with van der Waals surface area (Å²) in [7, 11) is 0. The second-order valence-electron chi connectivity index (χ2n) is 3.16. The number of nitrogens with zero attached hydrogens (tertiary/aromatic N) is 3. The predicted molar refractivity (Wildman–Crippen MR) is 61.1 cm³/mol. The van der Waals surface area contributed by atoms with Crippen LogP contribution in [-0.4, -0.2) is 6.54 Å². The fraction of sp³-hybridized carbons (Fsp3) is 0.300. The Hall–Kier alpha value is -1.32. The summed E-state index contributed by atoms with van der Waals surface area (Å²) in [5, 5.41) is 15.0. The van der Waals surface area contributed by atoms with Gasteiger partial charge in [-0.1, -0.05) is 23.2 Å². The van der Waals surface area contributed by atoms with Crippen molar-refractivity contribution in [3.05, 3.63) is 27.7 Å². The highest BCUT2D eigenvalue weighted by Gasteiger charge is 2.32. The van der Waals surface area contributed by atoms with Crippen molar-refractivity contribution < 1.29 is 13.2 Å². The lowest BCUT2D eigenvalue weighted by molar-refractivity contribution is -0.137. The lowest BCUT2D eigenvalue weighted by Gasteiger charge is -2.09. The van der Waals surface area contributed by atoms with E-state index in [4.69, 9.17) is 28.5 Å². The number of rotatable bonds is 3.